The molecule has 0 aliphatic rings. The minimum absolute atomic E-state index is 1.09. The first-order valence-electron chi connectivity index (χ1n) is 18.2. The first kappa shape index (κ1) is 32.0. The molecule has 0 saturated carbocycles. The highest BCUT2D eigenvalue weighted by Gasteiger charge is 2.21. The Morgan fingerprint density at radius 1 is 0.245 bits per heavy atom. The van der Waals surface area contributed by atoms with Crippen LogP contribution in [0.15, 0.2) is 224 Å². The topological polar surface area (TPSA) is 3.24 Å². The Morgan fingerprint density at radius 2 is 0.679 bits per heavy atom. The molecule has 0 aliphatic heterocycles. The molecule has 250 valence electrons. The van der Waals surface area contributed by atoms with Crippen molar-refractivity contribution in [2.45, 2.75) is 0 Å². The molecule has 0 aromatic heterocycles. The molecule has 0 atom stereocenters. The van der Waals surface area contributed by atoms with Gasteiger partial charge in [0.1, 0.15) is 0 Å². The maximum absolute atomic E-state index is 2.43. The van der Waals surface area contributed by atoms with Crippen molar-refractivity contribution >= 4 is 27.8 Å². The van der Waals surface area contributed by atoms with E-state index >= 15 is 0 Å². The molecule has 0 fully saturated rings. The molecule has 9 rings (SSSR count). The van der Waals surface area contributed by atoms with E-state index in [0.29, 0.717) is 0 Å². The van der Waals surface area contributed by atoms with Gasteiger partial charge >= 0.3 is 0 Å². The van der Waals surface area contributed by atoms with Crippen LogP contribution in [-0.2, 0) is 0 Å². The largest absolute Gasteiger partial charge is 0.309 e. The van der Waals surface area contributed by atoms with E-state index in [0.717, 1.165) is 22.6 Å². The van der Waals surface area contributed by atoms with Crippen molar-refractivity contribution in [3.63, 3.8) is 0 Å². The fraction of sp³-hybridized carbons (Fsp3) is 0. The Kier molecular flexibility index (Phi) is 8.66. The summed E-state index contributed by atoms with van der Waals surface area (Å²) in [5.74, 6) is 0. The van der Waals surface area contributed by atoms with Crippen molar-refractivity contribution < 1.29 is 0 Å². The van der Waals surface area contributed by atoms with Gasteiger partial charge < -0.3 is 4.90 Å². The second-order valence-electron chi connectivity index (χ2n) is 13.3. The number of hydrogen-bond acceptors (Lipinski definition) is 1. The molecular formula is C52H37N. The van der Waals surface area contributed by atoms with Crippen LogP contribution in [0, 0.1) is 0 Å². The number of nitrogens with zero attached hydrogens (tertiary/aromatic N) is 1. The van der Waals surface area contributed by atoms with Gasteiger partial charge in [-0.15, -0.1) is 0 Å². The molecular weight excluding hydrogens is 639 g/mol. The molecule has 9 aromatic carbocycles. The van der Waals surface area contributed by atoms with Gasteiger partial charge in [0.2, 0.25) is 0 Å². The second-order valence-corrected chi connectivity index (χ2v) is 13.3. The molecule has 0 radical (unpaired) electrons. The highest BCUT2D eigenvalue weighted by Crippen LogP contribution is 2.45. The number of fused-ring (bicyclic) bond motifs is 1. The Labute approximate surface area is 311 Å². The van der Waals surface area contributed by atoms with Crippen LogP contribution >= 0.6 is 0 Å². The molecule has 0 unspecified atom stereocenters. The van der Waals surface area contributed by atoms with Crippen molar-refractivity contribution in [2.24, 2.45) is 0 Å². The lowest BCUT2D eigenvalue weighted by Gasteiger charge is -2.30. The highest BCUT2D eigenvalue weighted by atomic mass is 15.1. The number of hydrogen-bond donors (Lipinski definition) is 0. The van der Waals surface area contributed by atoms with E-state index in [1.54, 1.807) is 0 Å². The van der Waals surface area contributed by atoms with Crippen molar-refractivity contribution in [3.8, 4) is 55.6 Å². The van der Waals surface area contributed by atoms with Crippen molar-refractivity contribution in [3.05, 3.63) is 224 Å². The van der Waals surface area contributed by atoms with E-state index < -0.39 is 0 Å². The SMILES string of the molecule is c1ccc(-c2ccc(-c3ccccc3N(c3cccc(-c4cccc(-c5cccc6ccccc56)c4)c3)c3ccccc3-c3ccccc3)cc2)cc1. The maximum atomic E-state index is 2.43. The van der Waals surface area contributed by atoms with Gasteiger partial charge in [0, 0.05) is 16.8 Å². The van der Waals surface area contributed by atoms with Gasteiger partial charge in [-0.1, -0.05) is 194 Å². The van der Waals surface area contributed by atoms with Gasteiger partial charge in [-0.3, -0.25) is 0 Å². The van der Waals surface area contributed by atoms with Crippen LogP contribution in [-0.4, -0.2) is 0 Å². The van der Waals surface area contributed by atoms with Gasteiger partial charge in [-0.2, -0.15) is 0 Å². The Balaban J connectivity index is 1.19. The number of anilines is 3. The summed E-state index contributed by atoms with van der Waals surface area (Å²) >= 11 is 0. The van der Waals surface area contributed by atoms with Gasteiger partial charge in [-0.05, 0) is 85.6 Å². The highest BCUT2D eigenvalue weighted by molar-refractivity contribution is 5.98. The fourth-order valence-corrected chi connectivity index (χ4v) is 7.49. The molecule has 0 bridgehead atoms. The summed E-state index contributed by atoms with van der Waals surface area (Å²) in [7, 11) is 0. The summed E-state index contributed by atoms with van der Waals surface area (Å²) in [6.07, 6.45) is 0. The average Bonchev–Trinajstić information content (AvgIpc) is 3.25. The predicted molar refractivity (Wildman–Crippen MR) is 226 cm³/mol. The van der Waals surface area contributed by atoms with E-state index in [-0.39, 0.29) is 0 Å². The Morgan fingerprint density at radius 3 is 1.40 bits per heavy atom. The Bertz CT molecular complexity index is 2650. The predicted octanol–water partition coefficient (Wildman–Crippen LogP) is 14.6. The number of benzene rings is 9. The monoisotopic (exact) mass is 675 g/mol. The van der Waals surface area contributed by atoms with E-state index in [1.807, 2.05) is 0 Å². The van der Waals surface area contributed by atoms with Gasteiger partial charge in [0.15, 0.2) is 0 Å². The zero-order chi connectivity index (χ0) is 35.4. The zero-order valence-electron chi connectivity index (χ0n) is 29.3. The van der Waals surface area contributed by atoms with E-state index in [1.165, 1.54) is 60.8 Å². The summed E-state index contributed by atoms with van der Waals surface area (Å²) in [5.41, 5.74) is 15.2. The summed E-state index contributed by atoms with van der Waals surface area (Å²) in [5, 5.41) is 2.51. The molecule has 9 aromatic rings. The molecule has 0 amide bonds. The lowest BCUT2D eigenvalue weighted by molar-refractivity contribution is 1.28. The molecule has 0 saturated heterocycles. The lowest BCUT2D eigenvalue weighted by Crippen LogP contribution is -2.12. The normalized spacial score (nSPS) is 11.0. The molecule has 53 heavy (non-hydrogen) atoms. The second kappa shape index (κ2) is 14.3. The van der Waals surface area contributed by atoms with Crippen molar-refractivity contribution in [1.29, 1.82) is 0 Å². The first-order valence-corrected chi connectivity index (χ1v) is 18.2. The van der Waals surface area contributed by atoms with Crippen LogP contribution in [0.4, 0.5) is 17.1 Å². The van der Waals surface area contributed by atoms with Crippen LogP contribution in [0.3, 0.4) is 0 Å². The third-order valence-corrected chi connectivity index (χ3v) is 10.1. The maximum Gasteiger partial charge on any atom is 0.0540 e. The number of rotatable bonds is 8. The summed E-state index contributed by atoms with van der Waals surface area (Å²) in [4.78, 5) is 2.43. The van der Waals surface area contributed by atoms with Crippen LogP contribution in [0.2, 0.25) is 0 Å². The van der Waals surface area contributed by atoms with Crippen LogP contribution in [0.5, 0.6) is 0 Å². The molecule has 1 heteroatoms. The van der Waals surface area contributed by atoms with Crippen molar-refractivity contribution in [1.82, 2.24) is 0 Å². The van der Waals surface area contributed by atoms with Crippen LogP contribution in [0.1, 0.15) is 0 Å². The van der Waals surface area contributed by atoms with E-state index in [9.17, 15) is 0 Å². The van der Waals surface area contributed by atoms with Gasteiger partial charge in [-0.25, -0.2) is 0 Å². The molecule has 0 N–H and O–H groups in total. The fourth-order valence-electron chi connectivity index (χ4n) is 7.49. The molecule has 0 heterocycles. The lowest BCUT2D eigenvalue weighted by atomic mass is 9.94. The van der Waals surface area contributed by atoms with Gasteiger partial charge in [0.05, 0.1) is 11.4 Å². The van der Waals surface area contributed by atoms with Crippen molar-refractivity contribution in [2.75, 3.05) is 4.90 Å². The van der Waals surface area contributed by atoms with E-state index in [4.69, 9.17) is 0 Å². The first-order chi connectivity index (χ1) is 26.3. The summed E-state index contributed by atoms with van der Waals surface area (Å²) in [6, 6.07) is 80.8. The summed E-state index contributed by atoms with van der Waals surface area (Å²) in [6.45, 7) is 0. The zero-order valence-corrected chi connectivity index (χ0v) is 29.3. The van der Waals surface area contributed by atoms with Crippen LogP contribution < -0.4 is 4.90 Å². The quantitative estimate of drug-likeness (QED) is 0.155. The third kappa shape index (κ3) is 6.42. The standard InChI is InChI=1S/C52H37N/c1-3-16-38(17-4-1)39-32-34-42(35-33-39)50-28-10-12-31-52(50)53(51-30-11-9-27-49(51)41-18-5-2-6-19-41)46-25-14-23-44(37-46)43-22-13-24-45(36-43)48-29-15-21-40-20-7-8-26-47(40)48/h1-37H. The third-order valence-electron chi connectivity index (χ3n) is 10.1. The van der Waals surface area contributed by atoms with E-state index in [2.05, 4.69) is 229 Å². The smallest absolute Gasteiger partial charge is 0.0540 e. The molecule has 0 aliphatic carbocycles. The van der Waals surface area contributed by atoms with Crippen LogP contribution in [0.25, 0.3) is 66.4 Å². The molecule has 1 nitrogen and oxygen atoms in total. The minimum Gasteiger partial charge on any atom is -0.309 e. The molecule has 0 spiro atoms. The average molecular weight is 676 g/mol. The Hall–Kier alpha value is -6.96. The number of para-hydroxylation sites is 2. The summed E-state index contributed by atoms with van der Waals surface area (Å²) < 4.78 is 0. The van der Waals surface area contributed by atoms with Gasteiger partial charge in [0.25, 0.3) is 0 Å². The minimum atomic E-state index is 1.09.